The molecule has 6 nitrogen and oxygen atoms in total. The fourth-order valence-electron chi connectivity index (χ4n) is 2.55. The summed E-state index contributed by atoms with van der Waals surface area (Å²) >= 11 is 0. The summed E-state index contributed by atoms with van der Waals surface area (Å²) in [6.45, 7) is 1.65. The molecule has 1 aliphatic carbocycles. The van der Waals surface area contributed by atoms with Gasteiger partial charge in [-0.15, -0.1) is 0 Å². The molecule has 0 saturated heterocycles. The lowest BCUT2D eigenvalue weighted by atomic mass is 9.62. The van der Waals surface area contributed by atoms with E-state index in [2.05, 4.69) is 0 Å². The quantitative estimate of drug-likeness (QED) is 0.624. The van der Waals surface area contributed by atoms with Crippen molar-refractivity contribution in [2.24, 2.45) is 0 Å². The number of hydrogen-bond donors (Lipinski definition) is 2. The molecule has 0 radical (unpaired) electrons. The predicted molar refractivity (Wildman–Crippen MR) is 62.4 cm³/mol. The first-order chi connectivity index (χ1) is 8.36. The molecule has 0 bridgehead atoms. The van der Waals surface area contributed by atoms with Gasteiger partial charge in [0.1, 0.15) is 0 Å². The van der Waals surface area contributed by atoms with E-state index in [1.165, 1.54) is 18.2 Å². The van der Waals surface area contributed by atoms with Crippen molar-refractivity contribution in [1.29, 1.82) is 0 Å². The molecule has 1 fully saturated rings. The van der Waals surface area contributed by atoms with E-state index >= 15 is 0 Å². The first kappa shape index (κ1) is 12.5. The monoisotopic (exact) mass is 251 g/mol. The number of aliphatic hydroxyl groups excluding tert-OH is 1. The van der Waals surface area contributed by atoms with Crippen molar-refractivity contribution in [2.75, 3.05) is 0 Å². The molecule has 1 aromatic rings. The van der Waals surface area contributed by atoms with E-state index < -0.39 is 22.4 Å². The van der Waals surface area contributed by atoms with E-state index in [-0.39, 0.29) is 18.5 Å². The number of rotatable bonds is 3. The summed E-state index contributed by atoms with van der Waals surface area (Å²) in [5.41, 5.74) is -0.0420. The number of aliphatic carboxylic acids is 1. The van der Waals surface area contributed by atoms with Gasteiger partial charge in [-0.2, -0.15) is 0 Å². The van der Waals surface area contributed by atoms with Crippen molar-refractivity contribution in [3.05, 3.63) is 39.4 Å². The Hall–Kier alpha value is -1.95. The number of hydrogen-bond acceptors (Lipinski definition) is 4. The Labute approximate surface area is 103 Å². The summed E-state index contributed by atoms with van der Waals surface area (Å²) in [6, 6.07) is 4.15. The molecule has 96 valence electrons. The molecule has 0 heterocycles. The Kier molecular flexibility index (Phi) is 2.82. The van der Waals surface area contributed by atoms with Crippen LogP contribution in [0, 0.1) is 17.0 Å². The second kappa shape index (κ2) is 4.06. The maximum atomic E-state index is 11.4. The fraction of sp³-hybridized carbons (Fsp3) is 0.417. The summed E-state index contributed by atoms with van der Waals surface area (Å²) in [6.07, 6.45) is -0.308. The van der Waals surface area contributed by atoms with Crippen molar-refractivity contribution in [2.45, 2.75) is 31.3 Å². The molecule has 0 amide bonds. The zero-order valence-corrected chi connectivity index (χ0v) is 9.79. The number of benzene rings is 1. The first-order valence-electron chi connectivity index (χ1n) is 5.54. The number of carboxylic acids is 1. The fourth-order valence-corrected chi connectivity index (χ4v) is 2.55. The van der Waals surface area contributed by atoms with Crippen molar-refractivity contribution in [3.8, 4) is 0 Å². The highest BCUT2D eigenvalue weighted by Gasteiger charge is 2.52. The van der Waals surface area contributed by atoms with Gasteiger partial charge >= 0.3 is 5.97 Å². The van der Waals surface area contributed by atoms with Gasteiger partial charge in [-0.3, -0.25) is 14.9 Å². The second-order valence-electron chi connectivity index (χ2n) is 4.71. The summed E-state index contributed by atoms with van der Waals surface area (Å²) < 4.78 is 0. The molecule has 0 aromatic heterocycles. The SMILES string of the molecule is Cc1cc([N+](=O)[O-])ccc1C1(C(=O)O)CC(O)C1. The number of aliphatic hydroxyl groups is 1. The zero-order chi connectivity index (χ0) is 13.5. The standard InChI is InChI=1S/C12H13NO5/c1-7-4-8(13(17)18)2-3-10(7)12(11(15)16)5-9(14)6-12/h2-4,9,14H,5-6H2,1H3,(H,15,16). The van der Waals surface area contributed by atoms with Crippen LogP contribution in [0.15, 0.2) is 18.2 Å². The molecule has 1 aromatic carbocycles. The van der Waals surface area contributed by atoms with E-state index in [1.807, 2.05) is 0 Å². The molecule has 1 saturated carbocycles. The minimum Gasteiger partial charge on any atom is -0.481 e. The minimum atomic E-state index is -1.10. The van der Waals surface area contributed by atoms with E-state index in [1.54, 1.807) is 6.92 Å². The summed E-state index contributed by atoms with van der Waals surface area (Å²) in [4.78, 5) is 21.5. The number of nitro benzene ring substituents is 1. The van der Waals surface area contributed by atoms with Gasteiger partial charge in [0.25, 0.3) is 5.69 Å². The smallest absolute Gasteiger partial charge is 0.314 e. The third-order valence-electron chi connectivity index (χ3n) is 3.51. The van der Waals surface area contributed by atoms with Crippen LogP contribution in [0.5, 0.6) is 0 Å². The predicted octanol–water partition coefficient (Wildman–Crippen LogP) is 1.38. The highest BCUT2D eigenvalue weighted by molar-refractivity contribution is 5.83. The van der Waals surface area contributed by atoms with Crippen LogP contribution in [0.2, 0.25) is 0 Å². The van der Waals surface area contributed by atoms with Gasteiger partial charge in [0.2, 0.25) is 0 Å². The largest absolute Gasteiger partial charge is 0.481 e. The summed E-state index contributed by atoms with van der Waals surface area (Å²) in [7, 11) is 0. The summed E-state index contributed by atoms with van der Waals surface area (Å²) in [5, 5.41) is 29.3. The first-order valence-corrected chi connectivity index (χ1v) is 5.54. The molecule has 18 heavy (non-hydrogen) atoms. The van der Waals surface area contributed by atoms with Crippen molar-refractivity contribution >= 4 is 11.7 Å². The molecule has 1 aliphatic rings. The molecule has 0 spiro atoms. The third-order valence-corrected chi connectivity index (χ3v) is 3.51. The number of carboxylic acid groups (broad SMARTS) is 1. The topological polar surface area (TPSA) is 101 Å². The number of nitro groups is 1. The Morgan fingerprint density at radius 2 is 2.11 bits per heavy atom. The van der Waals surface area contributed by atoms with Crippen molar-refractivity contribution in [1.82, 2.24) is 0 Å². The molecule has 2 N–H and O–H groups in total. The Morgan fingerprint density at radius 1 is 1.50 bits per heavy atom. The van der Waals surface area contributed by atoms with Crippen LogP contribution in [0.25, 0.3) is 0 Å². The second-order valence-corrected chi connectivity index (χ2v) is 4.71. The van der Waals surface area contributed by atoms with E-state index in [9.17, 15) is 25.1 Å². The maximum Gasteiger partial charge on any atom is 0.314 e. The number of nitrogens with zero attached hydrogens (tertiary/aromatic N) is 1. The molecular formula is C12H13NO5. The average molecular weight is 251 g/mol. The normalized spacial score (nSPS) is 26.4. The zero-order valence-electron chi connectivity index (χ0n) is 9.79. The van der Waals surface area contributed by atoms with Crippen molar-refractivity contribution in [3.63, 3.8) is 0 Å². The lowest BCUT2D eigenvalue weighted by Crippen LogP contribution is -2.50. The van der Waals surface area contributed by atoms with Gasteiger partial charge in [0, 0.05) is 12.1 Å². The maximum absolute atomic E-state index is 11.4. The number of carbonyl (C=O) groups is 1. The number of aryl methyl sites for hydroxylation is 1. The van der Waals surface area contributed by atoms with Crippen molar-refractivity contribution < 1.29 is 19.9 Å². The minimum absolute atomic E-state index is 0.0586. The van der Waals surface area contributed by atoms with Gasteiger partial charge in [0.05, 0.1) is 16.4 Å². The van der Waals surface area contributed by atoms with E-state index in [4.69, 9.17) is 0 Å². The Morgan fingerprint density at radius 3 is 2.50 bits per heavy atom. The Balaban J connectivity index is 2.45. The summed E-state index contributed by atoms with van der Waals surface area (Å²) in [5.74, 6) is -0.996. The molecule has 0 unspecified atom stereocenters. The lowest BCUT2D eigenvalue weighted by molar-refractivity contribution is -0.384. The molecule has 6 heteroatoms. The molecule has 2 rings (SSSR count). The molecule has 0 atom stereocenters. The lowest BCUT2D eigenvalue weighted by Gasteiger charge is -2.42. The van der Waals surface area contributed by atoms with Crippen LogP contribution in [0.1, 0.15) is 24.0 Å². The van der Waals surface area contributed by atoms with Gasteiger partial charge in [0.15, 0.2) is 0 Å². The van der Waals surface area contributed by atoms with Crippen LogP contribution >= 0.6 is 0 Å². The highest BCUT2D eigenvalue weighted by Crippen LogP contribution is 2.45. The van der Waals surface area contributed by atoms with Crippen LogP contribution in [-0.4, -0.2) is 27.2 Å². The highest BCUT2D eigenvalue weighted by atomic mass is 16.6. The van der Waals surface area contributed by atoms with Gasteiger partial charge in [-0.25, -0.2) is 0 Å². The van der Waals surface area contributed by atoms with Crippen LogP contribution in [0.4, 0.5) is 5.69 Å². The Bertz CT molecular complexity index is 519. The average Bonchev–Trinajstić information content (AvgIpc) is 2.24. The third kappa shape index (κ3) is 1.74. The van der Waals surface area contributed by atoms with Crippen LogP contribution < -0.4 is 0 Å². The molecule has 0 aliphatic heterocycles. The van der Waals surface area contributed by atoms with E-state index in [0.717, 1.165) is 0 Å². The molecular weight excluding hydrogens is 238 g/mol. The number of non-ortho nitro benzene ring substituents is 1. The van der Waals surface area contributed by atoms with Gasteiger partial charge < -0.3 is 10.2 Å². The van der Waals surface area contributed by atoms with E-state index in [0.29, 0.717) is 11.1 Å². The van der Waals surface area contributed by atoms with Gasteiger partial charge in [-0.05, 0) is 30.9 Å². The van der Waals surface area contributed by atoms with Crippen LogP contribution in [-0.2, 0) is 10.2 Å². The van der Waals surface area contributed by atoms with Gasteiger partial charge in [-0.1, -0.05) is 6.07 Å². The van der Waals surface area contributed by atoms with Crippen LogP contribution in [0.3, 0.4) is 0 Å².